The summed E-state index contributed by atoms with van der Waals surface area (Å²) in [6, 6.07) is 18.2. The zero-order valence-electron chi connectivity index (χ0n) is 13.9. The van der Waals surface area contributed by atoms with Crippen molar-refractivity contribution in [2.24, 2.45) is 0 Å². The molecule has 1 aliphatic rings. The van der Waals surface area contributed by atoms with E-state index in [2.05, 4.69) is 34.3 Å². The van der Waals surface area contributed by atoms with Crippen LogP contribution in [0.1, 0.15) is 16.1 Å². The summed E-state index contributed by atoms with van der Waals surface area (Å²) in [7, 11) is 0. The Labute approximate surface area is 153 Å². The van der Waals surface area contributed by atoms with E-state index in [9.17, 15) is 4.79 Å². The highest BCUT2D eigenvalue weighted by Gasteiger charge is 2.23. The number of amides is 1. The van der Waals surface area contributed by atoms with Crippen LogP contribution in [-0.4, -0.2) is 51.5 Å². The van der Waals surface area contributed by atoms with Gasteiger partial charge in [-0.2, -0.15) is 5.10 Å². The molecule has 4 rings (SSSR count). The quantitative estimate of drug-likeness (QED) is 0.724. The summed E-state index contributed by atoms with van der Waals surface area (Å²) in [4.78, 5) is 17.0. The summed E-state index contributed by atoms with van der Waals surface area (Å²) < 4.78 is 1.75. The van der Waals surface area contributed by atoms with Gasteiger partial charge in [0.15, 0.2) is 5.69 Å². The van der Waals surface area contributed by atoms with Gasteiger partial charge >= 0.3 is 0 Å². The zero-order valence-corrected chi connectivity index (χ0v) is 14.7. The molecule has 0 saturated carbocycles. The van der Waals surface area contributed by atoms with Crippen molar-refractivity contribution >= 4 is 23.8 Å². The lowest BCUT2D eigenvalue weighted by Crippen LogP contribution is -2.48. The summed E-state index contributed by atoms with van der Waals surface area (Å²) in [5, 5.41) is 4.39. The summed E-state index contributed by atoms with van der Waals surface area (Å²) in [6.45, 7) is 4.23. The number of rotatable bonds is 3. The number of halogens is 1. The van der Waals surface area contributed by atoms with Gasteiger partial charge in [0.1, 0.15) is 0 Å². The van der Waals surface area contributed by atoms with E-state index in [1.54, 1.807) is 4.52 Å². The maximum atomic E-state index is 12.7. The molecule has 3 aromatic rings. The fourth-order valence-electron chi connectivity index (χ4n) is 3.16. The first-order valence-corrected chi connectivity index (χ1v) is 8.29. The zero-order chi connectivity index (χ0) is 16.4. The van der Waals surface area contributed by atoms with Crippen molar-refractivity contribution in [2.45, 2.75) is 6.54 Å². The molecule has 0 unspecified atom stereocenters. The molecule has 5 nitrogen and oxygen atoms in total. The van der Waals surface area contributed by atoms with Gasteiger partial charge in [0, 0.05) is 38.9 Å². The highest BCUT2D eigenvalue weighted by Crippen LogP contribution is 2.12. The number of fused-ring (bicyclic) bond motifs is 1. The Balaban J connectivity index is 0.00000182. The molecule has 2 aromatic heterocycles. The number of nitrogens with zero attached hydrogens (tertiary/aromatic N) is 4. The molecule has 0 spiro atoms. The van der Waals surface area contributed by atoms with E-state index in [1.807, 2.05) is 41.4 Å². The third-order valence-corrected chi connectivity index (χ3v) is 4.50. The predicted molar refractivity (Wildman–Crippen MR) is 100 cm³/mol. The number of pyridine rings is 1. The second-order valence-corrected chi connectivity index (χ2v) is 6.15. The van der Waals surface area contributed by atoms with Crippen LogP contribution in [0.25, 0.3) is 5.52 Å². The molecule has 0 N–H and O–H groups in total. The number of hydrogen-bond acceptors (Lipinski definition) is 3. The first-order valence-electron chi connectivity index (χ1n) is 8.29. The molecule has 3 heterocycles. The number of piperazine rings is 1. The lowest BCUT2D eigenvalue weighted by molar-refractivity contribution is 0.0622. The van der Waals surface area contributed by atoms with Gasteiger partial charge in [-0.25, -0.2) is 4.52 Å². The van der Waals surface area contributed by atoms with Crippen molar-refractivity contribution in [3.05, 3.63) is 72.1 Å². The van der Waals surface area contributed by atoms with Gasteiger partial charge in [0.25, 0.3) is 5.91 Å². The standard InChI is InChI=1S/C19H20N4O.ClH/c24-19(18-14-17-8-4-5-9-23(17)20-18)22-12-10-21(11-13-22)15-16-6-2-1-3-7-16;/h1-9,14H,10-13,15H2;1H. The fourth-order valence-corrected chi connectivity index (χ4v) is 3.16. The Kier molecular flexibility index (Phi) is 5.36. The van der Waals surface area contributed by atoms with Gasteiger partial charge in [-0.05, 0) is 23.8 Å². The minimum atomic E-state index is 0. The Bertz CT molecular complexity index is 808. The van der Waals surface area contributed by atoms with Gasteiger partial charge in [-0.1, -0.05) is 36.4 Å². The molecular weight excluding hydrogens is 336 g/mol. The summed E-state index contributed by atoms with van der Waals surface area (Å²) in [5.41, 5.74) is 2.79. The molecule has 1 aromatic carbocycles. The molecule has 6 heteroatoms. The Morgan fingerprint density at radius 1 is 0.960 bits per heavy atom. The van der Waals surface area contributed by atoms with E-state index in [4.69, 9.17) is 0 Å². The van der Waals surface area contributed by atoms with Crippen LogP contribution in [0.5, 0.6) is 0 Å². The maximum Gasteiger partial charge on any atom is 0.274 e. The highest BCUT2D eigenvalue weighted by atomic mass is 35.5. The molecule has 0 aliphatic carbocycles. The van der Waals surface area contributed by atoms with Crippen molar-refractivity contribution in [1.29, 1.82) is 0 Å². The second-order valence-electron chi connectivity index (χ2n) is 6.15. The molecule has 0 atom stereocenters. The Morgan fingerprint density at radius 3 is 2.40 bits per heavy atom. The van der Waals surface area contributed by atoms with Crippen molar-refractivity contribution in [3.8, 4) is 0 Å². The first kappa shape index (κ1) is 17.5. The Morgan fingerprint density at radius 2 is 1.68 bits per heavy atom. The molecular formula is C19H21ClN4O. The lowest BCUT2D eigenvalue weighted by atomic mass is 10.2. The van der Waals surface area contributed by atoms with Crippen LogP contribution in [0.15, 0.2) is 60.8 Å². The third kappa shape index (κ3) is 3.83. The van der Waals surface area contributed by atoms with E-state index < -0.39 is 0 Å². The maximum absolute atomic E-state index is 12.7. The summed E-state index contributed by atoms with van der Waals surface area (Å²) in [5.74, 6) is 0.0260. The number of benzene rings is 1. The number of aromatic nitrogens is 2. The summed E-state index contributed by atoms with van der Waals surface area (Å²) in [6.07, 6.45) is 1.86. The molecule has 1 aliphatic heterocycles. The number of carbonyl (C=O) groups is 1. The first-order chi connectivity index (χ1) is 11.8. The fraction of sp³-hybridized carbons (Fsp3) is 0.263. The molecule has 1 saturated heterocycles. The molecule has 1 fully saturated rings. The van der Waals surface area contributed by atoms with Gasteiger partial charge in [-0.15, -0.1) is 12.4 Å². The van der Waals surface area contributed by atoms with Gasteiger partial charge in [0.2, 0.25) is 0 Å². The molecule has 1 amide bonds. The van der Waals surface area contributed by atoms with Crippen molar-refractivity contribution in [2.75, 3.05) is 26.2 Å². The van der Waals surface area contributed by atoms with E-state index in [1.165, 1.54) is 5.56 Å². The van der Waals surface area contributed by atoms with Crippen LogP contribution in [0, 0.1) is 0 Å². The second kappa shape index (κ2) is 7.68. The average Bonchev–Trinajstić information content (AvgIpc) is 3.07. The minimum absolute atomic E-state index is 0. The smallest absolute Gasteiger partial charge is 0.274 e. The third-order valence-electron chi connectivity index (χ3n) is 4.50. The van der Waals surface area contributed by atoms with Crippen LogP contribution in [-0.2, 0) is 6.54 Å². The van der Waals surface area contributed by atoms with Crippen molar-refractivity contribution in [3.63, 3.8) is 0 Å². The largest absolute Gasteiger partial charge is 0.335 e. The topological polar surface area (TPSA) is 40.9 Å². The van der Waals surface area contributed by atoms with Crippen LogP contribution >= 0.6 is 12.4 Å². The summed E-state index contributed by atoms with van der Waals surface area (Å²) >= 11 is 0. The van der Waals surface area contributed by atoms with Crippen LogP contribution in [0.3, 0.4) is 0 Å². The highest BCUT2D eigenvalue weighted by molar-refractivity contribution is 5.93. The normalized spacial score (nSPS) is 15.1. The van der Waals surface area contributed by atoms with Gasteiger partial charge in [0.05, 0.1) is 5.52 Å². The number of hydrogen-bond donors (Lipinski definition) is 0. The monoisotopic (exact) mass is 356 g/mol. The van der Waals surface area contributed by atoms with Crippen molar-refractivity contribution in [1.82, 2.24) is 19.4 Å². The van der Waals surface area contributed by atoms with E-state index >= 15 is 0 Å². The van der Waals surface area contributed by atoms with E-state index in [0.717, 1.165) is 38.2 Å². The lowest BCUT2D eigenvalue weighted by Gasteiger charge is -2.34. The van der Waals surface area contributed by atoms with Crippen LogP contribution in [0.4, 0.5) is 0 Å². The van der Waals surface area contributed by atoms with Crippen LogP contribution < -0.4 is 0 Å². The van der Waals surface area contributed by atoms with Crippen LogP contribution in [0.2, 0.25) is 0 Å². The van der Waals surface area contributed by atoms with Crippen molar-refractivity contribution < 1.29 is 4.79 Å². The van der Waals surface area contributed by atoms with Gasteiger partial charge < -0.3 is 4.90 Å². The number of carbonyl (C=O) groups excluding carboxylic acids is 1. The predicted octanol–water partition coefficient (Wildman–Crippen LogP) is 2.71. The van der Waals surface area contributed by atoms with E-state index in [-0.39, 0.29) is 18.3 Å². The molecule has 130 valence electrons. The molecule has 25 heavy (non-hydrogen) atoms. The Hall–Kier alpha value is -2.37. The van der Waals surface area contributed by atoms with E-state index in [0.29, 0.717) is 5.69 Å². The SMILES string of the molecule is Cl.O=C(c1cc2ccccn2n1)N1CCN(Cc2ccccc2)CC1. The minimum Gasteiger partial charge on any atom is -0.335 e. The molecule has 0 radical (unpaired) electrons. The molecule has 0 bridgehead atoms. The average molecular weight is 357 g/mol. The van der Waals surface area contributed by atoms with Gasteiger partial charge in [-0.3, -0.25) is 9.69 Å².